The minimum absolute atomic E-state index is 0.909. The van der Waals surface area contributed by atoms with Gasteiger partial charge in [0.2, 0.25) is 0 Å². The summed E-state index contributed by atoms with van der Waals surface area (Å²) in [5.41, 5.74) is 12.3. The van der Waals surface area contributed by atoms with Crippen LogP contribution in [0.25, 0.3) is 95.7 Å². The van der Waals surface area contributed by atoms with Crippen molar-refractivity contribution < 1.29 is 4.42 Å². The van der Waals surface area contributed by atoms with Crippen LogP contribution in [-0.4, -0.2) is 0 Å². The number of fused-ring (bicyclic) bond motifs is 10. The van der Waals surface area contributed by atoms with E-state index >= 15 is 0 Å². The predicted octanol–water partition coefficient (Wildman–Crippen LogP) is 16.8. The zero-order valence-corrected chi connectivity index (χ0v) is 32.9. The van der Waals surface area contributed by atoms with Crippen LogP contribution < -0.4 is 4.90 Å². The first-order chi connectivity index (χ1) is 28.7. The molecule has 0 radical (unpaired) electrons. The lowest BCUT2D eigenvalue weighted by molar-refractivity contribution is 0.669. The molecule has 9 aromatic carbocycles. The van der Waals surface area contributed by atoms with E-state index in [0.29, 0.717) is 0 Å². The van der Waals surface area contributed by atoms with E-state index in [1.54, 1.807) is 0 Å². The van der Waals surface area contributed by atoms with Crippen LogP contribution in [-0.2, 0) is 0 Å². The molecule has 0 N–H and O–H groups in total. The average Bonchev–Trinajstić information content (AvgIpc) is 3.99. The zero-order valence-electron chi connectivity index (χ0n) is 31.2. The SMILES string of the molecule is c1ccc(-c2ccc(N(c3ccc(-c4ccc5oc6ccccc6c5c4)cc3)c3ccc(-c4cccc5c4sc4c5ccc5sc6ccccc6c54)cc3)cc2)cc1. The normalized spacial score (nSPS) is 11.8. The van der Waals surface area contributed by atoms with Crippen molar-refractivity contribution >= 4 is 102 Å². The van der Waals surface area contributed by atoms with Gasteiger partial charge in [0.25, 0.3) is 0 Å². The molecule has 58 heavy (non-hydrogen) atoms. The number of para-hydroxylation sites is 1. The molecule has 272 valence electrons. The largest absolute Gasteiger partial charge is 0.456 e. The second-order valence-corrected chi connectivity index (χ2v) is 17.0. The monoisotopic (exact) mass is 775 g/mol. The van der Waals surface area contributed by atoms with E-state index in [2.05, 4.69) is 193 Å². The second-order valence-electron chi connectivity index (χ2n) is 14.8. The molecular weight excluding hydrogens is 743 g/mol. The molecule has 0 spiro atoms. The molecule has 0 aliphatic heterocycles. The van der Waals surface area contributed by atoms with Crippen molar-refractivity contribution in [1.82, 2.24) is 0 Å². The molecule has 2 nitrogen and oxygen atoms in total. The molecular formula is C54H33NOS2. The van der Waals surface area contributed by atoms with Gasteiger partial charge in [0, 0.05) is 68.2 Å². The summed E-state index contributed by atoms with van der Waals surface area (Å²) in [7, 11) is 0. The molecule has 12 rings (SSSR count). The van der Waals surface area contributed by atoms with Gasteiger partial charge >= 0.3 is 0 Å². The Morgan fingerprint density at radius 2 is 0.897 bits per heavy atom. The fourth-order valence-corrected chi connectivity index (χ4v) is 11.2. The number of hydrogen-bond donors (Lipinski definition) is 0. The fourth-order valence-electron chi connectivity index (χ4n) is 8.67. The van der Waals surface area contributed by atoms with E-state index in [1.807, 2.05) is 34.8 Å². The number of furan rings is 1. The lowest BCUT2D eigenvalue weighted by atomic mass is 10.0. The highest BCUT2D eigenvalue weighted by atomic mass is 32.1. The summed E-state index contributed by atoms with van der Waals surface area (Å²) in [6.07, 6.45) is 0. The Morgan fingerprint density at radius 3 is 1.66 bits per heavy atom. The van der Waals surface area contributed by atoms with Gasteiger partial charge in [-0.2, -0.15) is 0 Å². The molecule has 3 aromatic heterocycles. The number of rotatable bonds is 6. The van der Waals surface area contributed by atoms with Crippen LogP contribution in [0.5, 0.6) is 0 Å². The maximum atomic E-state index is 6.12. The average molecular weight is 776 g/mol. The Morgan fingerprint density at radius 1 is 0.328 bits per heavy atom. The summed E-state index contributed by atoms with van der Waals surface area (Å²) < 4.78 is 11.5. The molecule has 3 heterocycles. The Kier molecular flexibility index (Phi) is 7.62. The first kappa shape index (κ1) is 33.2. The Hall–Kier alpha value is -6.98. The van der Waals surface area contributed by atoms with Crippen LogP contribution in [0, 0.1) is 0 Å². The van der Waals surface area contributed by atoms with Crippen molar-refractivity contribution in [3.8, 4) is 33.4 Å². The second kappa shape index (κ2) is 13.3. The van der Waals surface area contributed by atoms with Gasteiger partial charge in [-0.25, -0.2) is 0 Å². The number of benzene rings is 9. The van der Waals surface area contributed by atoms with E-state index in [1.165, 1.54) is 62.6 Å². The molecule has 0 fully saturated rings. The summed E-state index contributed by atoms with van der Waals surface area (Å²) in [5, 5.41) is 7.66. The van der Waals surface area contributed by atoms with Gasteiger partial charge in [-0.15, -0.1) is 22.7 Å². The number of nitrogens with zero attached hydrogens (tertiary/aromatic N) is 1. The highest BCUT2D eigenvalue weighted by Gasteiger charge is 2.18. The molecule has 0 aliphatic rings. The highest BCUT2D eigenvalue weighted by Crippen LogP contribution is 2.47. The molecule has 0 bridgehead atoms. The van der Waals surface area contributed by atoms with Gasteiger partial charge in [-0.1, -0.05) is 133 Å². The molecule has 0 saturated carbocycles. The fraction of sp³-hybridized carbons (Fsp3) is 0. The molecule has 0 atom stereocenters. The van der Waals surface area contributed by atoms with Gasteiger partial charge < -0.3 is 9.32 Å². The first-order valence-corrected chi connectivity index (χ1v) is 21.2. The molecule has 0 saturated heterocycles. The van der Waals surface area contributed by atoms with Gasteiger partial charge in [0.05, 0.1) is 0 Å². The van der Waals surface area contributed by atoms with E-state index in [-0.39, 0.29) is 0 Å². The third-order valence-electron chi connectivity index (χ3n) is 11.5. The van der Waals surface area contributed by atoms with Crippen LogP contribution in [0.15, 0.2) is 205 Å². The van der Waals surface area contributed by atoms with E-state index in [0.717, 1.165) is 50.1 Å². The van der Waals surface area contributed by atoms with E-state index < -0.39 is 0 Å². The lowest BCUT2D eigenvalue weighted by Crippen LogP contribution is -2.09. The standard InChI is InChI=1S/C54H33NOS2/c1-2-9-34(10-3-1)35-17-24-39(25-18-35)55(40-26-19-36(20-27-40)38-23-31-49-47(33-38)43-11-4-6-15-48(43)56-49)41-28-21-37(22-29-41)42-13-8-14-44-45-30-32-51-52(54(45)58-53(42)44)46-12-5-7-16-50(46)57-51/h1-33H. The molecule has 0 amide bonds. The third-order valence-corrected chi connectivity index (χ3v) is 13.9. The van der Waals surface area contributed by atoms with Crippen LogP contribution >= 0.6 is 22.7 Å². The van der Waals surface area contributed by atoms with Crippen LogP contribution in [0.4, 0.5) is 17.1 Å². The first-order valence-electron chi connectivity index (χ1n) is 19.6. The Labute approximate surface area is 343 Å². The number of thiophene rings is 2. The van der Waals surface area contributed by atoms with Crippen molar-refractivity contribution in [2.45, 2.75) is 0 Å². The topological polar surface area (TPSA) is 16.4 Å². The van der Waals surface area contributed by atoms with Gasteiger partial charge in [-0.05, 0) is 100 Å². The maximum absolute atomic E-state index is 6.12. The molecule has 4 heteroatoms. The smallest absolute Gasteiger partial charge is 0.135 e. The zero-order chi connectivity index (χ0) is 38.2. The number of anilines is 3. The van der Waals surface area contributed by atoms with Crippen LogP contribution in [0.1, 0.15) is 0 Å². The van der Waals surface area contributed by atoms with Crippen LogP contribution in [0.3, 0.4) is 0 Å². The molecule has 0 aliphatic carbocycles. The predicted molar refractivity (Wildman–Crippen MR) is 250 cm³/mol. The minimum Gasteiger partial charge on any atom is -0.456 e. The van der Waals surface area contributed by atoms with Crippen molar-refractivity contribution in [2.24, 2.45) is 0 Å². The summed E-state index contributed by atoms with van der Waals surface area (Å²) in [6, 6.07) is 72.5. The highest BCUT2D eigenvalue weighted by molar-refractivity contribution is 7.30. The molecule has 12 aromatic rings. The molecule has 0 unspecified atom stereocenters. The maximum Gasteiger partial charge on any atom is 0.135 e. The van der Waals surface area contributed by atoms with Crippen molar-refractivity contribution in [3.05, 3.63) is 200 Å². The summed E-state index contributed by atoms with van der Waals surface area (Å²) in [4.78, 5) is 2.35. The Bertz CT molecular complexity index is 3480. The summed E-state index contributed by atoms with van der Waals surface area (Å²) >= 11 is 3.81. The summed E-state index contributed by atoms with van der Waals surface area (Å²) in [6.45, 7) is 0. The van der Waals surface area contributed by atoms with Crippen LogP contribution in [0.2, 0.25) is 0 Å². The van der Waals surface area contributed by atoms with Crippen molar-refractivity contribution in [1.29, 1.82) is 0 Å². The minimum atomic E-state index is 0.909. The quantitative estimate of drug-likeness (QED) is 0.167. The third kappa shape index (κ3) is 5.37. The summed E-state index contributed by atoms with van der Waals surface area (Å²) in [5.74, 6) is 0. The van der Waals surface area contributed by atoms with Gasteiger partial charge in [0.15, 0.2) is 0 Å². The number of hydrogen-bond acceptors (Lipinski definition) is 4. The lowest BCUT2D eigenvalue weighted by Gasteiger charge is -2.26. The van der Waals surface area contributed by atoms with E-state index in [4.69, 9.17) is 4.42 Å². The van der Waals surface area contributed by atoms with E-state index in [9.17, 15) is 0 Å². The van der Waals surface area contributed by atoms with Gasteiger partial charge in [-0.3, -0.25) is 0 Å². The van der Waals surface area contributed by atoms with Gasteiger partial charge in [0.1, 0.15) is 11.2 Å². The van der Waals surface area contributed by atoms with Crippen molar-refractivity contribution in [3.63, 3.8) is 0 Å². The van der Waals surface area contributed by atoms with Crippen molar-refractivity contribution in [2.75, 3.05) is 4.90 Å². The Balaban J connectivity index is 0.943.